The Morgan fingerprint density at radius 1 is 1.27 bits per heavy atom. The van der Waals surface area contributed by atoms with Gasteiger partial charge in [0, 0.05) is 46.9 Å². The van der Waals surface area contributed by atoms with Crippen molar-refractivity contribution in [3.05, 3.63) is 0 Å². The van der Waals surface area contributed by atoms with Crippen LogP contribution in [-0.2, 0) is 14.8 Å². The zero-order valence-electron chi connectivity index (χ0n) is 16.7. The molecule has 0 saturated heterocycles. The third kappa shape index (κ3) is 8.71. The van der Waals surface area contributed by atoms with Crippen LogP contribution in [0.2, 0.25) is 0 Å². The van der Waals surface area contributed by atoms with Gasteiger partial charge in [-0.2, -0.15) is 0 Å². The largest absolute Gasteiger partial charge is 0.385 e. The van der Waals surface area contributed by atoms with E-state index in [9.17, 15) is 8.42 Å². The van der Waals surface area contributed by atoms with Crippen molar-refractivity contribution in [3.63, 3.8) is 0 Å². The summed E-state index contributed by atoms with van der Waals surface area (Å²) in [6.45, 7) is 7.33. The van der Waals surface area contributed by atoms with Crippen LogP contribution in [0.5, 0.6) is 0 Å². The van der Waals surface area contributed by atoms with Gasteiger partial charge in [0.05, 0.1) is 5.75 Å². The Balaban J connectivity index is 0.00000625. The molecule has 1 aliphatic carbocycles. The van der Waals surface area contributed by atoms with Gasteiger partial charge in [-0.05, 0) is 44.9 Å². The van der Waals surface area contributed by atoms with Gasteiger partial charge in [-0.1, -0.05) is 6.42 Å². The zero-order chi connectivity index (χ0) is 18.8. The normalized spacial score (nSPS) is 16.7. The molecule has 9 heteroatoms. The van der Waals surface area contributed by atoms with Crippen molar-refractivity contribution in [2.45, 2.75) is 46.0 Å². The first-order chi connectivity index (χ1) is 11.9. The summed E-state index contributed by atoms with van der Waals surface area (Å²) in [5.41, 5.74) is 0.299. The molecule has 7 nitrogen and oxygen atoms in total. The van der Waals surface area contributed by atoms with Crippen LogP contribution in [0.1, 0.15) is 46.0 Å². The van der Waals surface area contributed by atoms with Gasteiger partial charge < -0.3 is 15.4 Å². The zero-order valence-corrected chi connectivity index (χ0v) is 19.9. The number of rotatable bonds is 12. The van der Waals surface area contributed by atoms with E-state index in [1.54, 1.807) is 21.1 Å². The van der Waals surface area contributed by atoms with E-state index < -0.39 is 10.0 Å². The molecule has 1 fully saturated rings. The second-order valence-electron chi connectivity index (χ2n) is 6.79. The van der Waals surface area contributed by atoms with Crippen LogP contribution >= 0.6 is 24.0 Å². The Hall–Kier alpha value is -0.130. The molecule has 0 heterocycles. The van der Waals surface area contributed by atoms with Crippen LogP contribution in [0.4, 0.5) is 0 Å². The van der Waals surface area contributed by atoms with Gasteiger partial charge in [0.15, 0.2) is 5.96 Å². The second kappa shape index (κ2) is 13.1. The van der Waals surface area contributed by atoms with Gasteiger partial charge in [-0.15, -0.1) is 24.0 Å². The minimum absolute atomic E-state index is 0. The molecule has 0 bridgehead atoms. The van der Waals surface area contributed by atoms with Gasteiger partial charge in [0.1, 0.15) is 0 Å². The van der Waals surface area contributed by atoms with Gasteiger partial charge in [-0.25, -0.2) is 12.7 Å². The van der Waals surface area contributed by atoms with Crippen molar-refractivity contribution in [1.82, 2.24) is 14.9 Å². The molecule has 1 saturated carbocycles. The van der Waals surface area contributed by atoms with E-state index in [2.05, 4.69) is 10.6 Å². The molecule has 26 heavy (non-hydrogen) atoms. The fraction of sp³-hybridized carbons (Fsp3) is 0.941. The molecule has 1 aliphatic rings. The molecule has 0 aliphatic heterocycles. The van der Waals surface area contributed by atoms with E-state index in [0.717, 1.165) is 38.5 Å². The highest BCUT2D eigenvalue weighted by Gasteiger charge is 2.36. The lowest BCUT2D eigenvalue weighted by molar-refractivity contribution is 0.0778. The van der Waals surface area contributed by atoms with Crippen molar-refractivity contribution < 1.29 is 13.2 Å². The van der Waals surface area contributed by atoms with Crippen molar-refractivity contribution in [2.75, 3.05) is 52.7 Å². The van der Waals surface area contributed by atoms with Crippen LogP contribution in [0.3, 0.4) is 0 Å². The van der Waals surface area contributed by atoms with E-state index in [4.69, 9.17) is 9.73 Å². The summed E-state index contributed by atoms with van der Waals surface area (Å²) in [7, 11) is 0.285. The van der Waals surface area contributed by atoms with E-state index >= 15 is 0 Å². The standard InChI is InChI=1S/C17H36N4O3S.HI/c1-5-18-16(19-12-8-13-21(3)25(22,23)6-2)20-15-17(9-7-10-17)11-14-24-4;/h5-15H2,1-4H3,(H2,18,19,20);1H. The topological polar surface area (TPSA) is 83.0 Å². The first-order valence-corrected chi connectivity index (χ1v) is 10.9. The predicted octanol–water partition coefficient (Wildman–Crippen LogP) is 2.04. The minimum Gasteiger partial charge on any atom is -0.385 e. The van der Waals surface area contributed by atoms with Gasteiger partial charge in [0.2, 0.25) is 10.0 Å². The molecule has 0 unspecified atom stereocenters. The molecular formula is C17H37IN4O3S. The van der Waals surface area contributed by atoms with Crippen molar-refractivity contribution in [3.8, 4) is 0 Å². The van der Waals surface area contributed by atoms with Crippen molar-refractivity contribution in [2.24, 2.45) is 10.4 Å². The number of aliphatic imine (C=N–C) groups is 1. The summed E-state index contributed by atoms with van der Waals surface area (Å²) in [5, 5.41) is 6.57. The van der Waals surface area contributed by atoms with Gasteiger partial charge in [-0.3, -0.25) is 4.99 Å². The smallest absolute Gasteiger partial charge is 0.213 e. The molecule has 0 radical (unpaired) electrons. The van der Waals surface area contributed by atoms with Crippen molar-refractivity contribution >= 4 is 40.0 Å². The molecule has 0 aromatic carbocycles. The number of methoxy groups -OCH3 is 1. The molecule has 1 rings (SSSR count). The number of ether oxygens (including phenoxy) is 1. The fourth-order valence-corrected chi connectivity index (χ4v) is 3.79. The molecule has 0 aromatic heterocycles. The maximum atomic E-state index is 11.7. The van der Waals surface area contributed by atoms with E-state index in [-0.39, 0.29) is 29.7 Å². The number of guanidine groups is 1. The predicted molar refractivity (Wildman–Crippen MR) is 119 cm³/mol. The van der Waals surface area contributed by atoms with Crippen LogP contribution < -0.4 is 10.6 Å². The van der Waals surface area contributed by atoms with Crippen LogP contribution in [0.15, 0.2) is 4.99 Å². The molecule has 0 amide bonds. The Morgan fingerprint density at radius 2 is 1.96 bits per heavy atom. The highest BCUT2D eigenvalue weighted by atomic mass is 127. The number of hydrogen-bond donors (Lipinski definition) is 2. The monoisotopic (exact) mass is 504 g/mol. The summed E-state index contributed by atoms with van der Waals surface area (Å²) in [5.74, 6) is 0.956. The average Bonchev–Trinajstić information content (AvgIpc) is 2.56. The van der Waals surface area contributed by atoms with E-state index in [0.29, 0.717) is 18.5 Å². The fourth-order valence-electron chi connectivity index (χ4n) is 2.94. The van der Waals surface area contributed by atoms with Crippen LogP contribution in [0.25, 0.3) is 0 Å². The first kappa shape index (κ1) is 25.9. The number of nitrogens with zero attached hydrogens (tertiary/aromatic N) is 2. The Labute approximate surface area is 176 Å². The quantitative estimate of drug-likeness (QED) is 0.184. The maximum Gasteiger partial charge on any atom is 0.213 e. The van der Waals surface area contributed by atoms with Crippen LogP contribution in [-0.4, -0.2) is 71.4 Å². The Morgan fingerprint density at radius 3 is 2.46 bits per heavy atom. The van der Waals surface area contributed by atoms with Gasteiger partial charge in [0.25, 0.3) is 0 Å². The number of halogens is 1. The molecule has 0 atom stereocenters. The molecular weight excluding hydrogens is 467 g/mol. The third-order valence-corrected chi connectivity index (χ3v) is 6.81. The van der Waals surface area contributed by atoms with E-state index in [1.807, 2.05) is 6.92 Å². The van der Waals surface area contributed by atoms with Gasteiger partial charge >= 0.3 is 0 Å². The number of hydrogen-bond acceptors (Lipinski definition) is 4. The first-order valence-electron chi connectivity index (χ1n) is 9.34. The summed E-state index contributed by atoms with van der Waals surface area (Å²) < 4.78 is 30.1. The number of nitrogens with one attached hydrogen (secondary N) is 2. The highest BCUT2D eigenvalue weighted by molar-refractivity contribution is 14.0. The molecule has 156 valence electrons. The van der Waals surface area contributed by atoms with Crippen LogP contribution in [0, 0.1) is 5.41 Å². The Bertz CT molecular complexity index is 510. The Kier molecular flexibility index (Phi) is 13.0. The maximum absolute atomic E-state index is 11.7. The number of sulfonamides is 1. The minimum atomic E-state index is -3.10. The van der Waals surface area contributed by atoms with E-state index in [1.165, 1.54) is 23.6 Å². The third-order valence-electron chi connectivity index (χ3n) is 4.95. The summed E-state index contributed by atoms with van der Waals surface area (Å²) in [6, 6.07) is 0. The molecule has 0 spiro atoms. The lowest BCUT2D eigenvalue weighted by Gasteiger charge is -2.40. The molecule has 2 N–H and O–H groups in total. The summed E-state index contributed by atoms with van der Waals surface area (Å²) >= 11 is 0. The highest BCUT2D eigenvalue weighted by Crippen LogP contribution is 2.44. The average molecular weight is 504 g/mol. The summed E-state index contributed by atoms with van der Waals surface area (Å²) in [4.78, 5) is 4.75. The van der Waals surface area contributed by atoms with Crippen molar-refractivity contribution in [1.29, 1.82) is 0 Å². The lowest BCUT2D eigenvalue weighted by Crippen LogP contribution is -2.41. The SMILES string of the molecule is CCNC(=NCC1(CCOC)CCC1)NCCCN(C)S(=O)(=O)CC.I. The lowest BCUT2D eigenvalue weighted by atomic mass is 9.67. The second-order valence-corrected chi connectivity index (χ2v) is 9.16. The molecule has 0 aromatic rings. The summed E-state index contributed by atoms with van der Waals surface area (Å²) in [6.07, 6.45) is 5.53.